The Kier molecular flexibility index (Phi) is 6.44. The number of benzene rings is 3. The number of rotatable bonds is 5. The van der Waals surface area contributed by atoms with Crippen molar-refractivity contribution in [3.8, 4) is 0 Å². The molecule has 2 unspecified atom stereocenters. The minimum atomic E-state index is -0.472. The zero-order valence-corrected chi connectivity index (χ0v) is 26.5. The number of Topliss-reactive ketones (excluding diaryl/α,β-unsaturated/α-hetero) is 1. The van der Waals surface area contributed by atoms with Gasteiger partial charge in [-0.1, -0.05) is 82.1 Å². The van der Waals surface area contributed by atoms with Gasteiger partial charge in [-0.25, -0.2) is 0 Å². The first-order valence-electron chi connectivity index (χ1n) is 16.5. The molecule has 2 atom stereocenters. The number of para-hydroxylation sites is 1. The van der Waals surface area contributed by atoms with E-state index in [4.69, 9.17) is 0 Å². The smallest absolute Gasteiger partial charge is 0.201 e. The first kappa shape index (κ1) is 28.6. The minimum absolute atomic E-state index is 0.111. The number of anilines is 2. The maximum atomic E-state index is 13.8. The van der Waals surface area contributed by atoms with Crippen LogP contribution in [0.3, 0.4) is 0 Å². The van der Waals surface area contributed by atoms with E-state index in [-0.39, 0.29) is 34.3 Å². The summed E-state index contributed by atoms with van der Waals surface area (Å²) < 4.78 is 0. The van der Waals surface area contributed by atoms with Crippen molar-refractivity contribution in [3.05, 3.63) is 130 Å². The van der Waals surface area contributed by atoms with E-state index < -0.39 is 17.0 Å². The molecule has 0 amide bonds. The second-order valence-electron chi connectivity index (χ2n) is 13.7. The molecule has 2 N–H and O–H groups in total. The van der Waals surface area contributed by atoms with Crippen LogP contribution in [0.2, 0.25) is 0 Å². The van der Waals surface area contributed by atoms with Crippen LogP contribution in [0.15, 0.2) is 119 Å². The molecule has 6 heteroatoms. The number of unbranched alkanes of at least 4 members (excludes halogenated alkanes) is 1. The van der Waals surface area contributed by atoms with Crippen LogP contribution in [-0.2, 0) is 15.0 Å². The summed E-state index contributed by atoms with van der Waals surface area (Å²) >= 11 is 0. The summed E-state index contributed by atoms with van der Waals surface area (Å²) in [4.78, 5) is 31.8. The van der Waals surface area contributed by atoms with Gasteiger partial charge in [-0.3, -0.25) is 9.59 Å². The van der Waals surface area contributed by atoms with E-state index in [1.807, 2.05) is 12.1 Å². The molecule has 2 heterocycles. The Balaban J connectivity index is 1.18. The number of hydrogen-bond donors (Lipinski definition) is 2. The molecule has 0 radical (unpaired) electrons. The molecule has 3 aliphatic carbocycles. The van der Waals surface area contributed by atoms with Crippen molar-refractivity contribution in [1.29, 1.82) is 0 Å². The largest absolute Gasteiger partial charge is 0.507 e. The third kappa shape index (κ3) is 3.95. The quantitative estimate of drug-likeness (QED) is 0.283. The number of carbonyl (C=O) groups is 2. The highest BCUT2D eigenvalue weighted by molar-refractivity contribution is 6.27. The normalized spacial score (nSPS) is 25.6. The molecular formula is C40H38N2O4. The topological polar surface area (TPSA) is 81.1 Å². The molecule has 6 nitrogen and oxygen atoms in total. The highest BCUT2D eigenvalue weighted by Crippen LogP contribution is 2.53. The van der Waals surface area contributed by atoms with Crippen molar-refractivity contribution in [1.82, 2.24) is 0 Å². The van der Waals surface area contributed by atoms with Crippen molar-refractivity contribution in [2.24, 2.45) is 0 Å². The highest BCUT2D eigenvalue weighted by Gasteiger charge is 2.46. The summed E-state index contributed by atoms with van der Waals surface area (Å²) in [5.41, 5.74) is 5.69. The van der Waals surface area contributed by atoms with Crippen LogP contribution in [-0.4, -0.2) is 34.4 Å². The van der Waals surface area contributed by atoms with Gasteiger partial charge in [0.05, 0.1) is 16.7 Å². The van der Waals surface area contributed by atoms with E-state index in [0.29, 0.717) is 11.6 Å². The number of nitrogens with zero attached hydrogens (tertiary/aromatic N) is 2. The third-order valence-corrected chi connectivity index (χ3v) is 10.7. The van der Waals surface area contributed by atoms with Gasteiger partial charge in [0.1, 0.15) is 11.5 Å². The molecule has 3 aromatic carbocycles. The fourth-order valence-corrected chi connectivity index (χ4v) is 8.60. The van der Waals surface area contributed by atoms with Gasteiger partial charge in [-0.15, -0.1) is 0 Å². The molecule has 46 heavy (non-hydrogen) atoms. The lowest BCUT2D eigenvalue weighted by Crippen LogP contribution is -2.33. The molecule has 2 aliphatic heterocycles. The number of allylic oxidation sites excluding steroid dienone is 7. The summed E-state index contributed by atoms with van der Waals surface area (Å²) in [5.74, 6) is -1.03. The second-order valence-corrected chi connectivity index (χ2v) is 13.7. The predicted octanol–water partition coefficient (Wildman–Crippen LogP) is 8.38. The molecular weight excluding hydrogens is 572 g/mol. The van der Waals surface area contributed by atoms with Gasteiger partial charge in [0.25, 0.3) is 0 Å². The molecule has 0 aromatic heterocycles. The molecule has 5 aliphatic rings. The van der Waals surface area contributed by atoms with Gasteiger partial charge in [0.15, 0.2) is 5.78 Å². The first-order chi connectivity index (χ1) is 22.2. The van der Waals surface area contributed by atoms with E-state index in [9.17, 15) is 19.8 Å². The molecule has 0 spiro atoms. The Bertz CT molecular complexity index is 2020. The van der Waals surface area contributed by atoms with E-state index >= 15 is 0 Å². The molecule has 8 rings (SSSR count). The fraction of sp³-hybridized carbons (Fsp3) is 0.300. The Morgan fingerprint density at radius 2 is 1.70 bits per heavy atom. The minimum Gasteiger partial charge on any atom is -0.507 e. The molecule has 232 valence electrons. The Morgan fingerprint density at radius 1 is 0.913 bits per heavy atom. The van der Waals surface area contributed by atoms with Crippen LogP contribution in [0.4, 0.5) is 11.4 Å². The maximum Gasteiger partial charge on any atom is 0.201 e. The first-order valence-corrected chi connectivity index (χ1v) is 16.5. The lowest BCUT2D eigenvalue weighted by molar-refractivity contribution is -0.115. The Morgan fingerprint density at radius 3 is 2.48 bits per heavy atom. The van der Waals surface area contributed by atoms with E-state index in [1.165, 1.54) is 22.6 Å². The van der Waals surface area contributed by atoms with Gasteiger partial charge in [0.2, 0.25) is 5.78 Å². The molecule has 1 saturated carbocycles. The van der Waals surface area contributed by atoms with Crippen molar-refractivity contribution in [3.63, 3.8) is 0 Å². The second kappa shape index (κ2) is 10.3. The Labute approximate surface area is 269 Å². The molecule has 0 bridgehead atoms. The van der Waals surface area contributed by atoms with Gasteiger partial charge in [0, 0.05) is 58.8 Å². The molecule has 0 saturated heterocycles. The van der Waals surface area contributed by atoms with Gasteiger partial charge in [-0.2, -0.15) is 0 Å². The monoisotopic (exact) mass is 610 g/mol. The van der Waals surface area contributed by atoms with Crippen LogP contribution in [0, 0.1) is 0 Å². The summed E-state index contributed by atoms with van der Waals surface area (Å²) in [6.07, 6.45) is 10.1. The van der Waals surface area contributed by atoms with E-state index in [2.05, 4.69) is 79.1 Å². The summed E-state index contributed by atoms with van der Waals surface area (Å²) in [5, 5.41) is 24.9. The highest BCUT2D eigenvalue weighted by atomic mass is 16.3. The number of ketones is 2. The summed E-state index contributed by atoms with van der Waals surface area (Å²) in [6, 6.07) is 21.1. The lowest BCUT2D eigenvalue weighted by atomic mass is 9.77. The van der Waals surface area contributed by atoms with Crippen LogP contribution in [0.25, 0.3) is 10.8 Å². The third-order valence-electron chi connectivity index (χ3n) is 10.7. The number of carbonyl (C=O) groups excluding carboxylic acids is 2. The number of aliphatic hydroxyl groups excluding tert-OH is 2. The maximum absolute atomic E-state index is 13.8. The van der Waals surface area contributed by atoms with Crippen molar-refractivity contribution < 1.29 is 19.8 Å². The van der Waals surface area contributed by atoms with Gasteiger partial charge < -0.3 is 20.0 Å². The van der Waals surface area contributed by atoms with Crippen LogP contribution >= 0.6 is 0 Å². The number of hydrogen-bond acceptors (Lipinski definition) is 6. The molecule has 1 fully saturated rings. The van der Waals surface area contributed by atoms with E-state index in [0.717, 1.165) is 61.1 Å². The number of aliphatic hydroxyl groups is 2. The SMILES string of the molecule is CCCCN1/C(=C\C2=C(O)C(=C3/C(=O)C=C(N4c5ccccc5C5CCCC54)C=C3O)/C2=O)C(C)(C)c2c1ccc1ccccc21. The zero-order chi connectivity index (χ0) is 31.9. The summed E-state index contributed by atoms with van der Waals surface area (Å²) in [7, 11) is 0. The van der Waals surface area contributed by atoms with Crippen LogP contribution in [0.5, 0.6) is 0 Å². The zero-order valence-electron chi connectivity index (χ0n) is 26.5. The average Bonchev–Trinajstić information content (AvgIpc) is 3.70. The van der Waals surface area contributed by atoms with Gasteiger partial charge >= 0.3 is 0 Å². The number of fused-ring (bicyclic) bond motifs is 6. The Hall–Kier alpha value is -4.84. The van der Waals surface area contributed by atoms with E-state index in [1.54, 1.807) is 12.2 Å². The van der Waals surface area contributed by atoms with Crippen LogP contribution in [0.1, 0.15) is 69.9 Å². The summed E-state index contributed by atoms with van der Waals surface area (Å²) in [6.45, 7) is 7.26. The van der Waals surface area contributed by atoms with Crippen molar-refractivity contribution in [2.75, 3.05) is 16.3 Å². The standard InChI is InChI=1S/C40H38N2O4/c1-4-5-19-41-31-18-17-23-11-6-7-12-25(23)37(31)40(2,3)34(41)22-28-38(45)36(39(28)46)35-32(43)20-24(21-33(35)44)42-29-15-9-8-13-26(29)27-14-10-16-30(27)42/h6-9,11-13,15,17-18,20-22,27,30,43,45H,4-5,10,14,16,19H2,1-3H3/b34-22-,36-35-. The van der Waals surface area contributed by atoms with Gasteiger partial charge in [-0.05, 0) is 59.4 Å². The van der Waals surface area contributed by atoms with Crippen molar-refractivity contribution in [2.45, 2.75) is 70.3 Å². The average molecular weight is 611 g/mol. The van der Waals surface area contributed by atoms with Crippen LogP contribution < -0.4 is 9.80 Å². The predicted molar refractivity (Wildman–Crippen MR) is 182 cm³/mol. The lowest BCUT2D eigenvalue weighted by Gasteiger charge is -2.31. The molecule has 3 aromatic rings. The fourth-order valence-electron chi connectivity index (χ4n) is 8.60. The van der Waals surface area contributed by atoms with Crippen molar-refractivity contribution >= 4 is 33.7 Å².